The minimum atomic E-state index is -4.13. The molecule has 42 heavy (non-hydrogen) atoms. The summed E-state index contributed by atoms with van der Waals surface area (Å²) >= 11 is 3.49. The summed E-state index contributed by atoms with van der Waals surface area (Å²) in [6, 6.07) is 29.5. The number of benzene rings is 4. The molecule has 0 aliphatic rings. The molecular weight excluding hydrogens is 614 g/mol. The minimum absolute atomic E-state index is 0.0735. The predicted molar refractivity (Wildman–Crippen MR) is 170 cm³/mol. The molecule has 0 aliphatic heterocycles. The van der Waals surface area contributed by atoms with E-state index in [0.29, 0.717) is 5.69 Å². The lowest BCUT2D eigenvalue weighted by atomic mass is 10.0. The molecule has 0 fully saturated rings. The van der Waals surface area contributed by atoms with Crippen LogP contribution in [0.25, 0.3) is 0 Å². The first-order valence-corrected chi connectivity index (χ1v) is 15.8. The van der Waals surface area contributed by atoms with E-state index in [2.05, 4.69) is 21.2 Å². The van der Waals surface area contributed by atoms with Crippen LogP contribution in [-0.4, -0.2) is 44.8 Å². The third-order valence-corrected chi connectivity index (χ3v) is 9.48. The summed E-state index contributed by atoms with van der Waals surface area (Å²) in [5, 5.41) is 2.70. The fourth-order valence-corrected chi connectivity index (χ4v) is 6.73. The summed E-state index contributed by atoms with van der Waals surface area (Å²) in [6.07, 6.45) is 0.259. The Morgan fingerprint density at radius 2 is 1.45 bits per heavy atom. The van der Waals surface area contributed by atoms with E-state index in [9.17, 15) is 18.0 Å². The number of hydrogen-bond donors (Lipinski definition) is 1. The Morgan fingerprint density at radius 1 is 0.833 bits per heavy atom. The average molecular weight is 649 g/mol. The summed E-state index contributed by atoms with van der Waals surface area (Å²) in [6.45, 7) is 3.35. The van der Waals surface area contributed by atoms with Crippen molar-refractivity contribution in [3.8, 4) is 0 Å². The molecule has 4 aromatic carbocycles. The van der Waals surface area contributed by atoms with Gasteiger partial charge < -0.3 is 10.2 Å². The molecule has 1 atom stereocenters. The van der Waals surface area contributed by atoms with E-state index in [1.807, 2.05) is 74.5 Å². The SMILES string of the molecule is CNC(=O)C(Cc1ccccc1)N(Cc1cccc(Br)c1)C(=O)CN(c1cccc(C)c1C)S(=O)(=O)c1ccccc1. The van der Waals surface area contributed by atoms with Crippen LogP contribution in [0, 0.1) is 13.8 Å². The largest absolute Gasteiger partial charge is 0.357 e. The van der Waals surface area contributed by atoms with Crippen molar-refractivity contribution in [1.82, 2.24) is 10.2 Å². The molecule has 0 aliphatic carbocycles. The van der Waals surface area contributed by atoms with Crippen molar-refractivity contribution in [1.29, 1.82) is 0 Å². The highest BCUT2D eigenvalue weighted by Gasteiger charge is 2.34. The van der Waals surface area contributed by atoms with E-state index in [1.54, 1.807) is 30.3 Å². The number of amides is 2. The van der Waals surface area contributed by atoms with Gasteiger partial charge in [0, 0.05) is 24.5 Å². The molecule has 1 unspecified atom stereocenters. The highest BCUT2D eigenvalue weighted by atomic mass is 79.9. The molecule has 4 rings (SSSR count). The van der Waals surface area contributed by atoms with Gasteiger partial charge in [-0.15, -0.1) is 0 Å². The maximum atomic E-state index is 14.4. The zero-order valence-electron chi connectivity index (χ0n) is 23.8. The zero-order valence-corrected chi connectivity index (χ0v) is 26.2. The summed E-state index contributed by atoms with van der Waals surface area (Å²) in [4.78, 5) is 29.3. The van der Waals surface area contributed by atoms with Crippen LogP contribution in [0.1, 0.15) is 22.3 Å². The lowest BCUT2D eigenvalue weighted by Crippen LogP contribution is -2.53. The number of likely N-dealkylation sites (N-methyl/N-ethyl adjacent to an activating group) is 1. The molecule has 0 spiro atoms. The van der Waals surface area contributed by atoms with Crippen molar-refractivity contribution in [3.63, 3.8) is 0 Å². The van der Waals surface area contributed by atoms with Crippen LogP contribution in [0.4, 0.5) is 5.69 Å². The molecule has 0 saturated carbocycles. The van der Waals surface area contributed by atoms with Crippen molar-refractivity contribution in [2.45, 2.75) is 37.8 Å². The number of anilines is 1. The van der Waals surface area contributed by atoms with Crippen molar-refractivity contribution < 1.29 is 18.0 Å². The molecular formula is C33H34BrN3O4S. The van der Waals surface area contributed by atoms with Crippen LogP contribution in [0.15, 0.2) is 112 Å². The molecule has 0 heterocycles. The predicted octanol–water partition coefficient (Wildman–Crippen LogP) is 5.65. The van der Waals surface area contributed by atoms with Crippen LogP contribution >= 0.6 is 15.9 Å². The van der Waals surface area contributed by atoms with Crippen LogP contribution in [0.2, 0.25) is 0 Å². The summed E-state index contributed by atoms with van der Waals surface area (Å²) < 4.78 is 30.1. The van der Waals surface area contributed by atoms with E-state index in [0.717, 1.165) is 31.0 Å². The smallest absolute Gasteiger partial charge is 0.264 e. The van der Waals surface area contributed by atoms with E-state index < -0.39 is 28.5 Å². The molecule has 0 bridgehead atoms. The minimum Gasteiger partial charge on any atom is -0.357 e. The standard InChI is InChI=1S/C33H34BrN3O4S/c1-24-12-10-19-30(25(24)2)37(42(40,41)29-17-8-5-9-18-29)23-32(38)36(22-27-15-11-16-28(34)20-27)31(33(39)35-3)21-26-13-6-4-7-14-26/h4-20,31H,21-23H2,1-3H3,(H,35,39). The molecule has 0 aromatic heterocycles. The molecule has 218 valence electrons. The summed E-state index contributed by atoms with van der Waals surface area (Å²) in [7, 11) is -2.60. The maximum Gasteiger partial charge on any atom is 0.264 e. The Kier molecular flexibility index (Phi) is 10.2. The van der Waals surface area contributed by atoms with Gasteiger partial charge in [-0.1, -0.05) is 88.7 Å². The second kappa shape index (κ2) is 13.8. The highest BCUT2D eigenvalue weighted by molar-refractivity contribution is 9.10. The molecule has 1 N–H and O–H groups in total. The summed E-state index contributed by atoms with van der Waals surface area (Å²) in [5.74, 6) is -0.841. The van der Waals surface area contributed by atoms with Gasteiger partial charge >= 0.3 is 0 Å². The zero-order chi connectivity index (χ0) is 30.3. The fourth-order valence-electron chi connectivity index (χ4n) is 4.79. The Balaban J connectivity index is 1.81. The lowest BCUT2D eigenvalue weighted by molar-refractivity contribution is -0.139. The second-order valence-corrected chi connectivity index (χ2v) is 12.8. The maximum absolute atomic E-state index is 14.4. The van der Waals surface area contributed by atoms with E-state index >= 15 is 0 Å². The van der Waals surface area contributed by atoms with Crippen LogP contribution in [0.3, 0.4) is 0 Å². The van der Waals surface area contributed by atoms with E-state index in [4.69, 9.17) is 0 Å². The van der Waals surface area contributed by atoms with Gasteiger partial charge in [-0.2, -0.15) is 0 Å². The van der Waals surface area contributed by atoms with Crippen molar-refractivity contribution >= 4 is 43.5 Å². The molecule has 9 heteroatoms. The van der Waals surface area contributed by atoms with Gasteiger partial charge in [0.05, 0.1) is 10.6 Å². The van der Waals surface area contributed by atoms with Gasteiger partial charge in [-0.05, 0) is 66.4 Å². The first-order chi connectivity index (χ1) is 20.1. The number of sulfonamides is 1. The Bertz CT molecular complexity index is 1650. The highest BCUT2D eigenvalue weighted by Crippen LogP contribution is 2.29. The second-order valence-electron chi connectivity index (χ2n) is 10.0. The lowest BCUT2D eigenvalue weighted by Gasteiger charge is -2.34. The van der Waals surface area contributed by atoms with Crippen molar-refractivity contribution in [3.05, 3.63) is 130 Å². The molecule has 0 saturated heterocycles. The van der Waals surface area contributed by atoms with Gasteiger partial charge in [-0.25, -0.2) is 8.42 Å². The van der Waals surface area contributed by atoms with Gasteiger partial charge in [0.15, 0.2) is 0 Å². The number of nitrogens with one attached hydrogen (secondary N) is 1. The van der Waals surface area contributed by atoms with Crippen molar-refractivity contribution in [2.75, 3.05) is 17.9 Å². The van der Waals surface area contributed by atoms with Gasteiger partial charge in [0.1, 0.15) is 12.6 Å². The normalized spacial score (nSPS) is 11.9. The number of carbonyl (C=O) groups is 2. The molecule has 0 radical (unpaired) electrons. The molecule has 2 amide bonds. The first kappa shape index (κ1) is 31.0. The quantitative estimate of drug-likeness (QED) is 0.228. The van der Waals surface area contributed by atoms with Gasteiger partial charge in [0.2, 0.25) is 11.8 Å². The third-order valence-electron chi connectivity index (χ3n) is 7.21. The molecule has 7 nitrogen and oxygen atoms in total. The van der Waals surface area contributed by atoms with E-state index in [1.165, 1.54) is 24.1 Å². The Labute approximate surface area is 256 Å². The van der Waals surface area contributed by atoms with Gasteiger partial charge in [-0.3, -0.25) is 13.9 Å². The number of hydrogen-bond acceptors (Lipinski definition) is 4. The average Bonchev–Trinajstić information content (AvgIpc) is 2.99. The van der Waals surface area contributed by atoms with Gasteiger partial charge in [0.25, 0.3) is 10.0 Å². The Hall–Kier alpha value is -3.95. The number of rotatable bonds is 11. The number of aryl methyl sites for hydroxylation is 1. The number of nitrogens with zero attached hydrogens (tertiary/aromatic N) is 2. The third kappa shape index (κ3) is 7.27. The topological polar surface area (TPSA) is 86.8 Å². The fraction of sp³-hybridized carbons (Fsp3) is 0.212. The van der Waals surface area contributed by atoms with Crippen LogP contribution in [0.5, 0.6) is 0 Å². The monoisotopic (exact) mass is 647 g/mol. The van der Waals surface area contributed by atoms with Crippen molar-refractivity contribution in [2.24, 2.45) is 0 Å². The van der Waals surface area contributed by atoms with E-state index in [-0.39, 0.29) is 23.8 Å². The Morgan fingerprint density at radius 3 is 2.10 bits per heavy atom. The number of halogens is 1. The molecule has 4 aromatic rings. The van der Waals surface area contributed by atoms with Crippen LogP contribution < -0.4 is 9.62 Å². The first-order valence-electron chi connectivity index (χ1n) is 13.5. The number of carbonyl (C=O) groups excluding carboxylic acids is 2. The summed E-state index contributed by atoms with van der Waals surface area (Å²) in [5.41, 5.74) is 3.72. The van der Waals surface area contributed by atoms with Crippen LogP contribution in [-0.2, 0) is 32.6 Å².